The molecule has 1 aliphatic carbocycles. The number of Topliss-reactive ketones (excluding diaryl/α,β-unsaturated/α-hetero) is 1. The van der Waals surface area contributed by atoms with Crippen LogP contribution in [0.5, 0.6) is 0 Å². The molecule has 3 nitrogen and oxygen atoms in total. The Bertz CT molecular complexity index is 729. The van der Waals surface area contributed by atoms with Crippen LogP contribution in [0.1, 0.15) is 23.2 Å². The SMILES string of the molecule is O=C(O)C1CC=CCC1C(=O)c1ccc(-c2ccccc2)cc1. The number of carboxylic acid groups (broad SMARTS) is 1. The minimum atomic E-state index is -0.895. The van der Waals surface area contributed by atoms with E-state index >= 15 is 0 Å². The van der Waals surface area contributed by atoms with Crippen molar-refractivity contribution in [3.8, 4) is 11.1 Å². The highest BCUT2D eigenvalue weighted by Crippen LogP contribution is 2.30. The van der Waals surface area contributed by atoms with Gasteiger partial charge in [0.25, 0.3) is 0 Å². The van der Waals surface area contributed by atoms with Crippen molar-refractivity contribution < 1.29 is 14.7 Å². The van der Waals surface area contributed by atoms with Crippen LogP contribution in [0.2, 0.25) is 0 Å². The fourth-order valence-corrected chi connectivity index (χ4v) is 3.05. The Labute approximate surface area is 135 Å². The van der Waals surface area contributed by atoms with E-state index in [4.69, 9.17) is 0 Å². The first-order valence-electron chi connectivity index (χ1n) is 7.74. The van der Waals surface area contributed by atoms with Crippen molar-refractivity contribution in [3.63, 3.8) is 0 Å². The second-order valence-electron chi connectivity index (χ2n) is 5.80. The normalized spacial score (nSPS) is 20.2. The molecule has 1 aliphatic rings. The molecular weight excluding hydrogens is 288 g/mol. The van der Waals surface area contributed by atoms with Crippen molar-refractivity contribution in [2.45, 2.75) is 12.8 Å². The summed E-state index contributed by atoms with van der Waals surface area (Å²) in [5, 5.41) is 9.31. The molecule has 1 N–H and O–H groups in total. The summed E-state index contributed by atoms with van der Waals surface area (Å²) in [5.74, 6) is -2.07. The topological polar surface area (TPSA) is 54.4 Å². The first-order chi connectivity index (χ1) is 11.2. The van der Waals surface area contributed by atoms with Crippen molar-refractivity contribution in [1.82, 2.24) is 0 Å². The number of allylic oxidation sites excluding steroid dienone is 2. The van der Waals surface area contributed by atoms with Crippen molar-refractivity contribution in [2.24, 2.45) is 11.8 Å². The van der Waals surface area contributed by atoms with Crippen LogP contribution in [0.25, 0.3) is 11.1 Å². The lowest BCUT2D eigenvalue weighted by atomic mass is 9.78. The predicted molar refractivity (Wildman–Crippen MR) is 89.2 cm³/mol. The highest BCUT2D eigenvalue weighted by molar-refractivity contribution is 6.00. The Morgan fingerprint density at radius 3 is 1.96 bits per heavy atom. The third kappa shape index (κ3) is 3.24. The van der Waals surface area contributed by atoms with E-state index in [9.17, 15) is 14.7 Å². The second kappa shape index (κ2) is 6.61. The van der Waals surface area contributed by atoms with Crippen LogP contribution in [0.15, 0.2) is 66.7 Å². The smallest absolute Gasteiger partial charge is 0.307 e. The Morgan fingerprint density at radius 2 is 1.35 bits per heavy atom. The van der Waals surface area contributed by atoms with Gasteiger partial charge in [-0.15, -0.1) is 0 Å². The standard InChI is InChI=1S/C20H18O3/c21-19(17-8-4-5-9-18(17)20(22)23)16-12-10-15(11-13-16)14-6-2-1-3-7-14/h1-7,10-13,17-18H,8-9H2,(H,22,23). The zero-order valence-electron chi connectivity index (χ0n) is 12.7. The first kappa shape index (κ1) is 15.2. The zero-order valence-corrected chi connectivity index (χ0v) is 12.7. The summed E-state index contributed by atoms with van der Waals surface area (Å²) in [4.78, 5) is 24.0. The third-order valence-electron chi connectivity index (χ3n) is 4.36. The molecule has 3 rings (SSSR count). The molecule has 0 aliphatic heterocycles. The van der Waals surface area contributed by atoms with Crippen molar-refractivity contribution >= 4 is 11.8 Å². The molecule has 0 saturated carbocycles. The van der Waals surface area contributed by atoms with Gasteiger partial charge in [0.1, 0.15) is 0 Å². The number of ketones is 1. The van der Waals surface area contributed by atoms with Gasteiger partial charge in [-0.2, -0.15) is 0 Å². The van der Waals surface area contributed by atoms with Gasteiger partial charge in [0, 0.05) is 11.5 Å². The van der Waals surface area contributed by atoms with Gasteiger partial charge in [0.05, 0.1) is 5.92 Å². The van der Waals surface area contributed by atoms with E-state index < -0.39 is 17.8 Å². The van der Waals surface area contributed by atoms with Gasteiger partial charge >= 0.3 is 5.97 Å². The van der Waals surface area contributed by atoms with E-state index in [-0.39, 0.29) is 5.78 Å². The van der Waals surface area contributed by atoms with Crippen LogP contribution in [-0.4, -0.2) is 16.9 Å². The average molecular weight is 306 g/mol. The van der Waals surface area contributed by atoms with E-state index in [0.717, 1.165) is 11.1 Å². The van der Waals surface area contributed by atoms with Gasteiger partial charge in [-0.1, -0.05) is 66.7 Å². The van der Waals surface area contributed by atoms with Crippen LogP contribution < -0.4 is 0 Å². The quantitative estimate of drug-likeness (QED) is 0.680. The van der Waals surface area contributed by atoms with Crippen molar-refractivity contribution in [1.29, 1.82) is 0 Å². The minimum Gasteiger partial charge on any atom is -0.481 e. The molecule has 0 aromatic heterocycles. The molecule has 2 unspecified atom stereocenters. The molecule has 0 saturated heterocycles. The van der Waals surface area contributed by atoms with Crippen LogP contribution in [-0.2, 0) is 4.79 Å². The van der Waals surface area contributed by atoms with E-state index in [0.29, 0.717) is 18.4 Å². The summed E-state index contributed by atoms with van der Waals surface area (Å²) in [7, 11) is 0. The number of rotatable bonds is 4. The minimum absolute atomic E-state index is 0.0821. The molecule has 0 heterocycles. The Morgan fingerprint density at radius 1 is 0.783 bits per heavy atom. The maximum Gasteiger partial charge on any atom is 0.307 e. The number of carbonyl (C=O) groups is 2. The summed E-state index contributed by atoms with van der Waals surface area (Å²) >= 11 is 0. The lowest BCUT2D eigenvalue weighted by Gasteiger charge is -2.24. The predicted octanol–water partition coefficient (Wildman–Crippen LogP) is 4.20. The Hall–Kier alpha value is -2.68. The highest BCUT2D eigenvalue weighted by Gasteiger charge is 2.34. The van der Waals surface area contributed by atoms with Crippen LogP contribution in [0.4, 0.5) is 0 Å². The molecule has 0 bridgehead atoms. The molecule has 0 fully saturated rings. The average Bonchev–Trinajstić information content (AvgIpc) is 2.62. The number of benzene rings is 2. The van der Waals surface area contributed by atoms with E-state index in [2.05, 4.69) is 0 Å². The van der Waals surface area contributed by atoms with Gasteiger partial charge in [-0.3, -0.25) is 9.59 Å². The molecule has 2 atom stereocenters. The van der Waals surface area contributed by atoms with E-state index in [1.54, 1.807) is 12.1 Å². The first-order valence-corrected chi connectivity index (χ1v) is 7.74. The van der Waals surface area contributed by atoms with Gasteiger partial charge in [0.2, 0.25) is 0 Å². The molecule has 3 heteroatoms. The largest absolute Gasteiger partial charge is 0.481 e. The maximum atomic E-state index is 12.7. The van der Waals surface area contributed by atoms with E-state index in [1.807, 2.05) is 54.6 Å². The summed E-state index contributed by atoms with van der Waals surface area (Å²) in [6.07, 6.45) is 4.67. The van der Waals surface area contributed by atoms with Gasteiger partial charge in [0.15, 0.2) is 5.78 Å². The summed E-state index contributed by atoms with van der Waals surface area (Å²) in [5.41, 5.74) is 2.72. The second-order valence-corrected chi connectivity index (χ2v) is 5.80. The lowest BCUT2D eigenvalue weighted by Crippen LogP contribution is -2.31. The monoisotopic (exact) mass is 306 g/mol. The maximum absolute atomic E-state index is 12.7. The van der Waals surface area contributed by atoms with Gasteiger partial charge < -0.3 is 5.11 Å². The highest BCUT2D eigenvalue weighted by atomic mass is 16.4. The molecule has 0 radical (unpaired) electrons. The fourth-order valence-electron chi connectivity index (χ4n) is 3.05. The molecule has 2 aromatic carbocycles. The molecular formula is C20H18O3. The van der Waals surface area contributed by atoms with Gasteiger partial charge in [-0.05, 0) is 24.0 Å². The summed E-state index contributed by atoms with van der Waals surface area (Å²) < 4.78 is 0. The number of carbonyl (C=O) groups excluding carboxylic acids is 1. The molecule has 116 valence electrons. The molecule has 0 amide bonds. The molecule has 23 heavy (non-hydrogen) atoms. The van der Waals surface area contributed by atoms with Gasteiger partial charge in [-0.25, -0.2) is 0 Å². The van der Waals surface area contributed by atoms with Crippen molar-refractivity contribution in [2.75, 3.05) is 0 Å². The number of aliphatic carboxylic acids is 1. The number of carboxylic acids is 1. The molecule has 0 spiro atoms. The lowest BCUT2D eigenvalue weighted by molar-refractivity contribution is -0.143. The zero-order chi connectivity index (χ0) is 16.2. The Kier molecular flexibility index (Phi) is 4.38. The number of hydrogen-bond acceptors (Lipinski definition) is 2. The van der Waals surface area contributed by atoms with Crippen LogP contribution >= 0.6 is 0 Å². The van der Waals surface area contributed by atoms with Crippen LogP contribution in [0.3, 0.4) is 0 Å². The Balaban J connectivity index is 1.83. The fraction of sp³-hybridized carbons (Fsp3) is 0.200. The molecule has 2 aromatic rings. The van der Waals surface area contributed by atoms with Crippen LogP contribution in [0, 0.1) is 11.8 Å². The van der Waals surface area contributed by atoms with E-state index in [1.165, 1.54) is 0 Å². The van der Waals surface area contributed by atoms with Crippen molar-refractivity contribution in [3.05, 3.63) is 72.3 Å². The summed E-state index contributed by atoms with van der Waals surface area (Å²) in [6, 6.07) is 17.4. The number of hydrogen-bond donors (Lipinski definition) is 1. The summed E-state index contributed by atoms with van der Waals surface area (Å²) in [6.45, 7) is 0. The third-order valence-corrected chi connectivity index (χ3v) is 4.36.